The van der Waals surface area contributed by atoms with Crippen LogP contribution in [0.1, 0.15) is 10.4 Å². The number of rotatable bonds is 3. The van der Waals surface area contributed by atoms with E-state index in [0.717, 1.165) is 12.3 Å². The molecule has 1 aromatic heterocycles. The van der Waals surface area contributed by atoms with Crippen LogP contribution in [-0.2, 0) is 0 Å². The van der Waals surface area contributed by atoms with Gasteiger partial charge in [-0.1, -0.05) is 11.6 Å². The average Bonchev–Trinajstić information content (AvgIpc) is 2.41. The number of carbonyl (C=O) groups is 1. The summed E-state index contributed by atoms with van der Waals surface area (Å²) < 4.78 is 12.7. The van der Waals surface area contributed by atoms with Crippen molar-refractivity contribution in [1.82, 2.24) is 4.98 Å². The molecule has 2 aromatic rings. The number of hydrogen-bond acceptors (Lipinski definition) is 4. The van der Waals surface area contributed by atoms with Crippen molar-refractivity contribution in [3.63, 3.8) is 0 Å². The highest BCUT2D eigenvalue weighted by Gasteiger charge is 2.17. The number of hydrogen-bond donors (Lipinski definition) is 1. The van der Waals surface area contributed by atoms with E-state index in [1.807, 2.05) is 0 Å². The van der Waals surface area contributed by atoms with Crippen molar-refractivity contribution >= 4 is 28.9 Å². The minimum Gasteiger partial charge on any atom is -0.322 e. The third-order valence-electron chi connectivity index (χ3n) is 2.38. The molecule has 0 saturated carbocycles. The lowest BCUT2D eigenvalue weighted by molar-refractivity contribution is -0.385. The minimum atomic E-state index is -0.683. The van der Waals surface area contributed by atoms with Crippen LogP contribution >= 0.6 is 11.6 Å². The van der Waals surface area contributed by atoms with Crippen molar-refractivity contribution < 1.29 is 14.1 Å². The van der Waals surface area contributed by atoms with Gasteiger partial charge in [0.25, 0.3) is 11.6 Å². The zero-order valence-corrected chi connectivity index (χ0v) is 10.6. The quantitative estimate of drug-likeness (QED) is 0.536. The van der Waals surface area contributed by atoms with Gasteiger partial charge in [0.15, 0.2) is 0 Å². The summed E-state index contributed by atoms with van der Waals surface area (Å²) in [7, 11) is 0. The normalized spacial score (nSPS) is 10.1. The third kappa shape index (κ3) is 3.07. The Morgan fingerprint density at radius 2 is 2.00 bits per heavy atom. The summed E-state index contributed by atoms with van der Waals surface area (Å²) in [4.78, 5) is 25.5. The maximum Gasteiger partial charge on any atom is 0.288 e. The fourth-order valence-electron chi connectivity index (χ4n) is 1.43. The third-order valence-corrected chi connectivity index (χ3v) is 2.68. The van der Waals surface area contributed by atoms with Gasteiger partial charge in [0, 0.05) is 11.8 Å². The largest absolute Gasteiger partial charge is 0.322 e. The summed E-state index contributed by atoms with van der Waals surface area (Å²) in [6.07, 6.45) is 0.955. The molecule has 0 fully saturated rings. The molecule has 6 nitrogen and oxygen atoms in total. The summed E-state index contributed by atoms with van der Waals surface area (Å²) in [5.74, 6) is -1.11. The van der Waals surface area contributed by atoms with Gasteiger partial charge in [0.2, 0.25) is 0 Å². The number of nitrogens with zero attached hydrogens (tertiary/aromatic N) is 2. The maximum absolute atomic E-state index is 12.7. The molecular weight excluding hydrogens is 289 g/mol. The molecule has 0 saturated heterocycles. The van der Waals surface area contributed by atoms with Gasteiger partial charge >= 0.3 is 0 Å². The molecule has 20 heavy (non-hydrogen) atoms. The van der Waals surface area contributed by atoms with Crippen LogP contribution in [0.5, 0.6) is 0 Å². The Morgan fingerprint density at radius 3 is 2.60 bits per heavy atom. The lowest BCUT2D eigenvalue weighted by Gasteiger charge is -2.06. The summed E-state index contributed by atoms with van der Waals surface area (Å²) >= 11 is 5.73. The monoisotopic (exact) mass is 295 g/mol. The maximum atomic E-state index is 12.7. The van der Waals surface area contributed by atoms with E-state index in [-0.39, 0.29) is 16.4 Å². The standard InChI is InChI=1S/C12H7ClFN3O3/c13-11-10(5-9(6-15-11)17(19)20)12(18)16-8-3-1-7(14)2-4-8/h1-6H,(H,16,18). The fraction of sp³-hybridized carbons (Fsp3) is 0. The Kier molecular flexibility index (Phi) is 3.90. The first-order valence-corrected chi connectivity index (χ1v) is 5.72. The van der Waals surface area contributed by atoms with Crippen LogP contribution < -0.4 is 5.32 Å². The second-order valence-corrected chi connectivity index (χ2v) is 4.11. The number of amides is 1. The second kappa shape index (κ2) is 5.62. The van der Waals surface area contributed by atoms with Gasteiger partial charge in [-0.15, -0.1) is 0 Å². The molecule has 0 spiro atoms. The highest BCUT2D eigenvalue weighted by atomic mass is 35.5. The van der Waals surface area contributed by atoms with E-state index in [2.05, 4.69) is 10.3 Å². The Bertz CT molecular complexity index is 676. The van der Waals surface area contributed by atoms with Crippen LogP contribution in [0.25, 0.3) is 0 Å². The van der Waals surface area contributed by atoms with E-state index >= 15 is 0 Å². The number of halogens is 2. The number of anilines is 1. The van der Waals surface area contributed by atoms with E-state index in [4.69, 9.17) is 11.6 Å². The summed E-state index contributed by atoms with van der Waals surface area (Å²) in [5, 5.41) is 12.9. The van der Waals surface area contributed by atoms with Gasteiger partial charge < -0.3 is 5.32 Å². The molecule has 0 unspecified atom stereocenters. The van der Waals surface area contributed by atoms with E-state index < -0.39 is 16.6 Å². The van der Waals surface area contributed by atoms with Gasteiger partial charge in [0.05, 0.1) is 10.5 Å². The molecule has 1 heterocycles. The van der Waals surface area contributed by atoms with E-state index in [1.165, 1.54) is 24.3 Å². The minimum absolute atomic E-state index is 0.134. The van der Waals surface area contributed by atoms with Crippen LogP contribution in [0.2, 0.25) is 5.15 Å². The van der Waals surface area contributed by atoms with Crippen LogP contribution in [-0.4, -0.2) is 15.8 Å². The Morgan fingerprint density at radius 1 is 1.35 bits per heavy atom. The SMILES string of the molecule is O=C(Nc1ccc(F)cc1)c1cc([N+](=O)[O-])cnc1Cl. The lowest BCUT2D eigenvalue weighted by Crippen LogP contribution is -2.13. The lowest BCUT2D eigenvalue weighted by atomic mass is 10.2. The number of pyridine rings is 1. The van der Waals surface area contributed by atoms with Crippen molar-refractivity contribution in [3.05, 3.63) is 63.2 Å². The molecule has 1 aromatic carbocycles. The molecule has 1 N–H and O–H groups in total. The van der Waals surface area contributed by atoms with Crippen molar-refractivity contribution in [2.45, 2.75) is 0 Å². The molecule has 102 valence electrons. The first kappa shape index (κ1) is 13.9. The highest BCUT2D eigenvalue weighted by Crippen LogP contribution is 2.20. The predicted octanol–water partition coefficient (Wildman–Crippen LogP) is 3.03. The number of carbonyl (C=O) groups excluding carboxylic acids is 1. The van der Waals surface area contributed by atoms with Gasteiger partial charge in [-0.3, -0.25) is 14.9 Å². The molecule has 0 bridgehead atoms. The second-order valence-electron chi connectivity index (χ2n) is 3.75. The Hall–Kier alpha value is -2.54. The zero-order chi connectivity index (χ0) is 14.7. The smallest absolute Gasteiger partial charge is 0.288 e. The molecule has 0 radical (unpaired) electrons. The van der Waals surface area contributed by atoms with E-state index in [0.29, 0.717) is 5.69 Å². The number of nitrogens with one attached hydrogen (secondary N) is 1. The Labute approximate surface area is 117 Å². The molecule has 0 aliphatic heterocycles. The summed E-state index contributed by atoms with van der Waals surface area (Å²) in [6, 6.07) is 6.07. The van der Waals surface area contributed by atoms with E-state index in [9.17, 15) is 19.3 Å². The van der Waals surface area contributed by atoms with Crippen molar-refractivity contribution in [1.29, 1.82) is 0 Å². The van der Waals surface area contributed by atoms with Crippen LogP contribution in [0.3, 0.4) is 0 Å². The van der Waals surface area contributed by atoms with Crippen molar-refractivity contribution in [2.24, 2.45) is 0 Å². The van der Waals surface area contributed by atoms with Crippen molar-refractivity contribution in [3.8, 4) is 0 Å². The number of aromatic nitrogens is 1. The zero-order valence-electron chi connectivity index (χ0n) is 9.84. The predicted molar refractivity (Wildman–Crippen MR) is 70.3 cm³/mol. The average molecular weight is 296 g/mol. The molecule has 0 aliphatic rings. The van der Waals surface area contributed by atoms with Gasteiger partial charge in [-0.25, -0.2) is 9.37 Å². The van der Waals surface area contributed by atoms with Gasteiger partial charge in [-0.05, 0) is 24.3 Å². The van der Waals surface area contributed by atoms with E-state index in [1.54, 1.807) is 0 Å². The van der Waals surface area contributed by atoms with Crippen LogP contribution in [0.15, 0.2) is 36.5 Å². The first-order valence-electron chi connectivity index (χ1n) is 5.34. The first-order chi connectivity index (χ1) is 9.47. The van der Waals surface area contributed by atoms with Gasteiger partial charge in [0.1, 0.15) is 17.2 Å². The molecule has 2 rings (SSSR count). The topological polar surface area (TPSA) is 85.1 Å². The summed E-state index contributed by atoms with van der Waals surface area (Å²) in [6.45, 7) is 0. The molecule has 0 atom stereocenters. The molecule has 1 amide bonds. The number of benzene rings is 1. The Balaban J connectivity index is 2.26. The molecule has 0 aliphatic carbocycles. The van der Waals surface area contributed by atoms with Crippen LogP contribution in [0.4, 0.5) is 15.8 Å². The number of nitro groups is 1. The van der Waals surface area contributed by atoms with Crippen molar-refractivity contribution in [2.75, 3.05) is 5.32 Å². The molecule has 8 heteroatoms. The van der Waals surface area contributed by atoms with Gasteiger partial charge in [-0.2, -0.15) is 0 Å². The summed E-state index contributed by atoms with van der Waals surface area (Å²) in [5.41, 5.74) is -0.150. The van der Waals surface area contributed by atoms with Crippen LogP contribution in [0, 0.1) is 15.9 Å². The highest BCUT2D eigenvalue weighted by molar-refractivity contribution is 6.33. The molecular formula is C12H7ClFN3O3. The fourth-order valence-corrected chi connectivity index (χ4v) is 1.62.